The molecule has 4 rings (SSSR count). The lowest BCUT2D eigenvalue weighted by Gasteiger charge is -2.18. The van der Waals surface area contributed by atoms with Gasteiger partial charge in [-0.15, -0.1) is 24.0 Å². The fourth-order valence-electron chi connectivity index (χ4n) is 4.97. The van der Waals surface area contributed by atoms with Crippen LogP contribution in [0, 0.1) is 23.7 Å². The van der Waals surface area contributed by atoms with Crippen LogP contribution >= 0.6 is 24.0 Å². The van der Waals surface area contributed by atoms with E-state index in [9.17, 15) is 14.4 Å². The van der Waals surface area contributed by atoms with Gasteiger partial charge >= 0.3 is 0 Å². The number of allylic oxidation sites excluding steroid dienone is 2. The Bertz CT molecular complexity index is 900. The van der Waals surface area contributed by atoms with Gasteiger partial charge in [-0.1, -0.05) is 24.3 Å². The molecule has 1 aliphatic heterocycles. The van der Waals surface area contributed by atoms with Crippen LogP contribution in [-0.4, -0.2) is 55.3 Å². The van der Waals surface area contributed by atoms with E-state index in [1.54, 1.807) is 7.05 Å². The van der Waals surface area contributed by atoms with Crippen LogP contribution in [0.5, 0.6) is 0 Å². The average Bonchev–Trinajstić information content (AvgIpc) is 3.43. The van der Waals surface area contributed by atoms with Crippen molar-refractivity contribution in [1.29, 1.82) is 0 Å². The van der Waals surface area contributed by atoms with Crippen LogP contribution in [0.2, 0.25) is 0 Å². The molecule has 3 amide bonds. The highest BCUT2D eigenvalue weighted by Gasteiger charge is 2.58. The summed E-state index contributed by atoms with van der Waals surface area (Å²) < 4.78 is 0. The van der Waals surface area contributed by atoms with Crippen LogP contribution < -0.4 is 16.0 Å². The van der Waals surface area contributed by atoms with E-state index in [1.807, 2.05) is 24.3 Å². The number of likely N-dealkylation sites (tertiary alicyclic amines) is 1. The van der Waals surface area contributed by atoms with E-state index in [-0.39, 0.29) is 65.4 Å². The number of guanidine groups is 1. The number of hydrogen-bond acceptors (Lipinski definition) is 4. The molecule has 1 aromatic rings. The summed E-state index contributed by atoms with van der Waals surface area (Å²) >= 11 is 0. The number of rotatable bonds is 7. The van der Waals surface area contributed by atoms with Gasteiger partial charge in [-0.25, -0.2) is 0 Å². The van der Waals surface area contributed by atoms with E-state index in [4.69, 9.17) is 0 Å². The van der Waals surface area contributed by atoms with Crippen LogP contribution in [-0.2, 0) is 20.8 Å². The molecule has 32 heavy (non-hydrogen) atoms. The van der Waals surface area contributed by atoms with Crippen molar-refractivity contribution in [2.24, 2.45) is 28.7 Å². The molecule has 1 heterocycles. The molecule has 3 N–H and O–H groups in total. The zero-order valence-corrected chi connectivity index (χ0v) is 20.7. The predicted molar refractivity (Wildman–Crippen MR) is 134 cm³/mol. The van der Waals surface area contributed by atoms with Gasteiger partial charge in [0.15, 0.2) is 5.96 Å². The van der Waals surface area contributed by atoms with Gasteiger partial charge in [0, 0.05) is 39.3 Å². The second kappa shape index (κ2) is 10.5. The van der Waals surface area contributed by atoms with E-state index in [2.05, 4.69) is 33.1 Å². The largest absolute Gasteiger partial charge is 0.356 e. The molecule has 2 aliphatic carbocycles. The number of aliphatic imine (C=N–C) groups is 1. The fraction of sp³-hybridized carbons (Fsp3) is 0.478. The Hall–Kier alpha value is -2.43. The molecule has 0 aromatic heterocycles. The topological polar surface area (TPSA) is 103 Å². The maximum atomic E-state index is 12.7. The summed E-state index contributed by atoms with van der Waals surface area (Å²) in [6.07, 6.45) is 5.96. The second-order valence-electron chi connectivity index (χ2n) is 8.38. The van der Waals surface area contributed by atoms with Gasteiger partial charge in [-0.05, 0) is 42.4 Å². The number of anilines is 1. The lowest BCUT2D eigenvalue weighted by atomic mass is 9.85. The first-order valence-corrected chi connectivity index (χ1v) is 10.8. The van der Waals surface area contributed by atoms with E-state index < -0.39 is 0 Å². The van der Waals surface area contributed by atoms with Crippen LogP contribution in [0.25, 0.3) is 0 Å². The van der Waals surface area contributed by atoms with Crippen LogP contribution in [0.4, 0.5) is 5.69 Å². The molecule has 2 fully saturated rings. The molecule has 1 aromatic carbocycles. The monoisotopic (exact) mass is 551 g/mol. The van der Waals surface area contributed by atoms with Crippen LogP contribution in [0.15, 0.2) is 41.4 Å². The van der Waals surface area contributed by atoms with E-state index in [0.29, 0.717) is 25.6 Å². The van der Waals surface area contributed by atoms with E-state index in [1.165, 1.54) is 11.8 Å². The highest BCUT2D eigenvalue weighted by Crippen LogP contribution is 2.52. The Morgan fingerprint density at radius 1 is 1.03 bits per heavy atom. The number of fused-ring (bicyclic) bond motifs is 5. The molecular formula is C23H30IN5O3. The van der Waals surface area contributed by atoms with Gasteiger partial charge in [0.2, 0.25) is 17.7 Å². The predicted octanol–water partition coefficient (Wildman–Crippen LogP) is 1.78. The maximum Gasteiger partial charge on any atom is 0.233 e. The Kier molecular flexibility index (Phi) is 7.91. The second-order valence-corrected chi connectivity index (χ2v) is 8.38. The number of nitrogens with zero attached hydrogens (tertiary/aromatic N) is 2. The summed E-state index contributed by atoms with van der Waals surface area (Å²) in [4.78, 5) is 42.2. The average molecular weight is 551 g/mol. The summed E-state index contributed by atoms with van der Waals surface area (Å²) in [5, 5.41) is 9.19. The molecule has 1 saturated carbocycles. The zero-order valence-electron chi connectivity index (χ0n) is 18.3. The molecule has 9 heteroatoms. The molecule has 3 aliphatic rings. The number of hydrogen-bond donors (Lipinski definition) is 3. The molecule has 172 valence electrons. The van der Waals surface area contributed by atoms with Crippen molar-refractivity contribution >= 4 is 53.3 Å². The number of amides is 3. The molecule has 4 unspecified atom stereocenters. The van der Waals surface area contributed by atoms with Crippen molar-refractivity contribution in [2.45, 2.75) is 19.8 Å². The van der Waals surface area contributed by atoms with Crippen molar-refractivity contribution in [3.05, 3.63) is 42.0 Å². The maximum absolute atomic E-state index is 12.7. The van der Waals surface area contributed by atoms with Crippen molar-refractivity contribution in [3.8, 4) is 0 Å². The van der Waals surface area contributed by atoms with Crippen molar-refractivity contribution in [3.63, 3.8) is 0 Å². The van der Waals surface area contributed by atoms with Crippen molar-refractivity contribution < 1.29 is 14.4 Å². The number of imide groups is 1. The van der Waals surface area contributed by atoms with Gasteiger partial charge in [0.05, 0.1) is 11.8 Å². The summed E-state index contributed by atoms with van der Waals surface area (Å²) in [7, 11) is 1.69. The van der Waals surface area contributed by atoms with Gasteiger partial charge in [0.1, 0.15) is 0 Å². The smallest absolute Gasteiger partial charge is 0.233 e. The SMILES string of the molecule is CN=C(NCCc1ccc(NC(C)=O)cc1)NCCN1C(=O)C2C3C=CC(C3)C2C1=O.I. The minimum atomic E-state index is -0.142. The lowest BCUT2D eigenvalue weighted by Crippen LogP contribution is -2.44. The first kappa shape index (κ1) is 24.2. The highest BCUT2D eigenvalue weighted by atomic mass is 127. The number of nitrogens with one attached hydrogen (secondary N) is 3. The fourth-order valence-corrected chi connectivity index (χ4v) is 4.97. The summed E-state index contributed by atoms with van der Waals surface area (Å²) in [5.74, 6) is 0.717. The first-order valence-electron chi connectivity index (χ1n) is 10.8. The number of carbonyl (C=O) groups excluding carboxylic acids is 3. The molecule has 2 bridgehead atoms. The molecule has 0 spiro atoms. The third-order valence-electron chi connectivity index (χ3n) is 6.39. The molecule has 1 saturated heterocycles. The summed E-state index contributed by atoms with van der Waals surface area (Å²) in [5.41, 5.74) is 1.92. The number of carbonyl (C=O) groups is 3. The van der Waals surface area contributed by atoms with Crippen molar-refractivity contribution in [2.75, 3.05) is 32.0 Å². The lowest BCUT2D eigenvalue weighted by molar-refractivity contribution is -0.140. The van der Waals surface area contributed by atoms with Crippen molar-refractivity contribution in [1.82, 2.24) is 15.5 Å². The van der Waals surface area contributed by atoms with Crippen LogP contribution in [0.3, 0.4) is 0 Å². The quantitative estimate of drug-likeness (QED) is 0.158. The third kappa shape index (κ3) is 4.97. The van der Waals surface area contributed by atoms with Gasteiger partial charge in [-0.3, -0.25) is 24.3 Å². The van der Waals surface area contributed by atoms with Gasteiger partial charge < -0.3 is 16.0 Å². The third-order valence-corrected chi connectivity index (χ3v) is 6.39. The first-order chi connectivity index (χ1) is 15.0. The van der Waals surface area contributed by atoms with E-state index >= 15 is 0 Å². The molecule has 4 atom stereocenters. The summed E-state index contributed by atoms with van der Waals surface area (Å²) in [6.45, 7) is 2.98. The number of benzene rings is 1. The Morgan fingerprint density at radius 3 is 2.19 bits per heavy atom. The Labute approximate surface area is 205 Å². The zero-order chi connectivity index (χ0) is 22.0. The minimum absolute atomic E-state index is 0. The Morgan fingerprint density at radius 2 is 1.62 bits per heavy atom. The highest BCUT2D eigenvalue weighted by molar-refractivity contribution is 14.0. The van der Waals surface area contributed by atoms with Gasteiger partial charge in [-0.2, -0.15) is 0 Å². The number of halogens is 1. The molecule has 0 radical (unpaired) electrons. The minimum Gasteiger partial charge on any atom is -0.356 e. The Balaban J connectivity index is 0.00000289. The summed E-state index contributed by atoms with van der Waals surface area (Å²) in [6, 6.07) is 7.72. The van der Waals surface area contributed by atoms with E-state index in [0.717, 1.165) is 24.1 Å². The standard InChI is InChI=1S/C23H29N5O3.HI/c1-14(29)27-18-7-3-15(4-8-18)9-10-25-23(24-2)26-11-12-28-21(30)19-16-5-6-17(13-16)20(19)22(28)31;/h3-8,16-17,19-20H,9-13H2,1-2H3,(H,27,29)(H2,24,25,26);1H. The van der Waals surface area contributed by atoms with Gasteiger partial charge in [0.25, 0.3) is 0 Å². The molecular weight excluding hydrogens is 521 g/mol. The molecule has 8 nitrogen and oxygen atoms in total. The van der Waals surface area contributed by atoms with Crippen LogP contribution in [0.1, 0.15) is 18.9 Å². The normalized spacial score (nSPS) is 25.6.